The minimum Gasteiger partial charge on any atom is -0.467 e. The van der Waals surface area contributed by atoms with Crippen molar-refractivity contribution < 1.29 is 14.1 Å². The van der Waals surface area contributed by atoms with Gasteiger partial charge in [-0.2, -0.15) is 0 Å². The molecule has 7 nitrogen and oxygen atoms in total. The molecule has 0 spiro atoms. The number of nitro benzene ring substituents is 1. The number of hydrogen-bond donors (Lipinski definition) is 2. The monoisotopic (exact) mass is 389 g/mol. The standard InChI is InChI=1S/C22H19N3O4/c26-22(24-13-17-7-4-10-29-17)12-19(15-5-3-6-16(11-15)25(27)28)20-14-23-21-9-2-1-8-18(20)21/h1-11,14,19,23H,12-13H2,(H,24,26). The van der Waals surface area contributed by atoms with E-state index in [2.05, 4.69) is 10.3 Å². The molecule has 4 rings (SSSR count). The van der Waals surface area contributed by atoms with Crippen LogP contribution in [0.25, 0.3) is 10.9 Å². The second-order valence-corrected chi connectivity index (χ2v) is 6.75. The van der Waals surface area contributed by atoms with E-state index in [1.54, 1.807) is 24.5 Å². The number of nitrogens with one attached hydrogen (secondary N) is 2. The van der Waals surface area contributed by atoms with Crippen molar-refractivity contribution in [3.05, 3.63) is 100 Å². The summed E-state index contributed by atoms with van der Waals surface area (Å²) in [5.41, 5.74) is 2.60. The van der Waals surface area contributed by atoms with Crippen LogP contribution in [-0.4, -0.2) is 15.8 Å². The van der Waals surface area contributed by atoms with Gasteiger partial charge in [-0.15, -0.1) is 0 Å². The molecule has 7 heteroatoms. The number of furan rings is 1. The van der Waals surface area contributed by atoms with Crippen LogP contribution in [0.15, 0.2) is 77.5 Å². The first-order valence-electron chi connectivity index (χ1n) is 9.21. The third-order valence-corrected chi connectivity index (χ3v) is 4.91. The fourth-order valence-corrected chi connectivity index (χ4v) is 3.50. The van der Waals surface area contributed by atoms with Crippen LogP contribution in [0.4, 0.5) is 5.69 Å². The summed E-state index contributed by atoms with van der Waals surface area (Å²) in [5, 5.41) is 15.1. The number of rotatable bonds is 7. The number of para-hydroxylation sites is 1. The number of non-ortho nitro benzene ring substituents is 1. The van der Waals surface area contributed by atoms with Crippen molar-refractivity contribution in [1.29, 1.82) is 0 Å². The molecule has 146 valence electrons. The van der Waals surface area contributed by atoms with E-state index in [9.17, 15) is 14.9 Å². The molecular formula is C22H19N3O4. The number of fused-ring (bicyclic) bond motifs is 1. The fourth-order valence-electron chi connectivity index (χ4n) is 3.50. The maximum Gasteiger partial charge on any atom is 0.269 e. The highest BCUT2D eigenvalue weighted by molar-refractivity contribution is 5.86. The van der Waals surface area contributed by atoms with Gasteiger partial charge in [-0.3, -0.25) is 14.9 Å². The summed E-state index contributed by atoms with van der Waals surface area (Å²) in [6.07, 6.45) is 3.58. The third kappa shape index (κ3) is 4.03. The second-order valence-electron chi connectivity index (χ2n) is 6.75. The van der Waals surface area contributed by atoms with E-state index in [0.717, 1.165) is 22.0 Å². The SMILES string of the molecule is O=C(CC(c1cccc([N+](=O)[O-])c1)c1c[nH]c2ccccc12)NCc1ccco1. The van der Waals surface area contributed by atoms with E-state index in [0.29, 0.717) is 12.3 Å². The minimum atomic E-state index is -0.424. The molecule has 29 heavy (non-hydrogen) atoms. The quantitative estimate of drug-likeness (QED) is 0.359. The van der Waals surface area contributed by atoms with Gasteiger partial charge in [-0.25, -0.2) is 0 Å². The Morgan fingerprint density at radius 2 is 2.00 bits per heavy atom. The van der Waals surface area contributed by atoms with Crippen LogP contribution in [0.5, 0.6) is 0 Å². The topological polar surface area (TPSA) is 101 Å². The lowest BCUT2D eigenvalue weighted by atomic mass is 9.87. The van der Waals surface area contributed by atoms with Crippen LogP contribution in [0.3, 0.4) is 0 Å². The van der Waals surface area contributed by atoms with Crippen molar-refractivity contribution in [2.75, 3.05) is 0 Å². The molecule has 1 atom stereocenters. The molecule has 0 aliphatic rings. The Balaban J connectivity index is 1.66. The molecule has 0 aliphatic carbocycles. The first kappa shape index (κ1) is 18.5. The van der Waals surface area contributed by atoms with Crippen LogP contribution < -0.4 is 5.32 Å². The van der Waals surface area contributed by atoms with Crippen molar-refractivity contribution in [1.82, 2.24) is 10.3 Å². The predicted octanol–water partition coefficient (Wildman–Crippen LogP) is 4.51. The first-order chi connectivity index (χ1) is 14.1. The van der Waals surface area contributed by atoms with Gasteiger partial charge in [0.1, 0.15) is 5.76 Å². The number of nitrogens with zero attached hydrogens (tertiary/aromatic N) is 1. The number of aromatic amines is 1. The highest BCUT2D eigenvalue weighted by Gasteiger charge is 2.23. The zero-order chi connectivity index (χ0) is 20.2. The largest absolute Gasteiger partial charge is 0.467 e. The lowest BCUT2D eigenvalue weighted by Gasteiger charge is -2.17. The molecule has 0 radical (unpaired) electrons. The Labute approximate surface area is 166 Å². The summed E-state index contributed by atoms with van der Waals surface area (Å²) >= 11 is 0. The van der Waals surface area contributed by atoms with E-state index in [4.69, 9.17) is 4.42 Å². The molecule has 2 aromatic heterocycles. The molecule has 2 heterocycles. The molecular weight excluding hydrogens is 370 g/mol. The van der Waals surface area contributed by atoms with Gasteiger partial charge in [0.2, 0.25) is 5.91 Å². The van der Waals surface area contributed by atoms with Crippen molar-refractivity contribution in [2.45, 2.75) is 18.9 Å². The van der Waals surface area contributed by atoms with E-state index in [-0.39, 0.29) is 23.9 Å². The molecule has 0 aliphatic heterocycles. The van der Waals surface area contributed by atoms with Crippen molar-refractivity contribution >= 4 is 22.5 Å². The number of amides is 1. The normalized spacial score (nSPS) is 12.0. The number of benzene rings is 2. The third-order valence-electron chi connectivity index (χ3n) is 4.91. The van der Waals surface area contributed by atoms with Gasteiger partial charge in [-0.1, -0.05) is 30.3 Å². The average Bonchev–Trinajstić information content (AvgIpc) is 3.40. The zero-order valence-electron chi connectivity index (χ0n) is 15.5. The molecule has 1 amide bonds. The lowest BCUT2D eigenvalue weighted by molar-refractivity contribution is -0.384. The van der Waals surface area contributed by atoms with Crippen LogP contribution >= 0.6 is 0 Å². The van der Waals surface area contributed by atoms with Crippen molar-refractivity contribution in [3.8, 4) is 0 Å². The Morgan fingerprint density at radius 3 is 2.79 bits per heavy atom. The van der Waals surface area contributed by atoms with Gasteiger partial charge in [0.15, 0.2) is 0 Å². The van der Waals surface area contributed by atoms with Gasteiger partial charge in [0.05, 0.1) is 17.7 Å². The predicted molar refractivity (Wildman–Crippen MR) is 108 cm³/mol. The maximum absolute atomic E-state index is 12.7. The van der Waals surface area contributed by atoms with E-state index < -0.39 is 4.92 Å². The highest BCUT2D eigenvalue weighted by Crippen LogP contribution is 2.34. The summed E-state index contributed by atoms with van der Waals surface area (Å²) in [5.74, 6) is 0.170. The molecule has 2 aromatic carbocycles. The maximum atomic E-state index is 12.7. The Hall–Kier alpha value is -3.87. The highest BCUT2D eigenvalue weighted by atomic mass is 16.6. The Kier molecular flexibility index (Phi) is 5.11. The van der Waals surface area contributed by atoms with Crippen LogP contribution in [0, 0.1) is 10.1 Å². The number of nitro groups is 1. The molecule has 0 fully saturated rings. The minimum absolute atomic E-state index is 0.00309. The number of aromatic nitrogens is 1. The lowest BCUT2D eigenvalue weighted by Crippen LogP contribution is -2.24. The number of carbonyl (C=O) groups excluding carboxylic acids is 1. The first-order valence-corrected chi connectivity index (χ1v) is 9.21. The van der Waals surface area contributed by atoms with Crippen LogP contribution in [-0.2, 0) is 11.3 Å². The van der Waals surface area contributed by atoms with Crippen LogP contribution in [0.1, 0.15) is 29.2 Å². The van der Waals surface area contributed by atoms with E-state index in [1.807, 2.05) is 36.5 Å². The van der Waals surface area contributed by atoms with E-state index in [1.165, 1.54) is 12.1 Å². The summed E-state index contributed by atoms with van der Waals surface area (Å²) in [6.45, 7) is 0.293. The average molecular weight is 389 g/mol. The fraction of sp³-hybridized carbons (Fsp3) is 0.136. The van der Waals surface area contributed by atoms with Crippen molar-refractivity contribution in [3.63, 3.8) is 0 Å². The molecule has 0 saturated heterocycles. The molecule has 0 saturated carbocycles. The molecule has 2 N–H and O–H groups in total. The van der Waals surface area contributed by atoms with Crippen molar-refractivity contribution in [2.24, 2.45) is 0 Å². The Morgan fingerprint density at radius 1 is 1.14 bits per heavy atom. The van der Waals surface area contributed by atoms with Gasteiger partial charge in [0.25, 0.3) is 5.69 Å². The van der Waals surface area contributed by atoms with Gasteiger partial charge in [0, 0.05) is 41.6 Å². The van der Waals surface area contributed by atoms with E-state index >= 15 is 0 Å². The number of H-pyrrole nitrogens is 1. The van der Waals surface area contributed by atoms with Crippen LogP contribution in [0.2, 0.25) is 0 Å². The summed E-state index contributed by atoms with van der Waals surface area (Å²) in [6, 6.07) is 17.8. The molecule has 1 unspecified atom stereocenters. The smallest absolute Gasteiger partial charge is 0.269 e. The summed E-state index contributed by atoms with van der Waals surface area (Å²) < 4.78 is 5.25. The summed E-state index contributed by atoms with van der Waals surface area (Å²) in [4.78, 5) is 26.7. The zero-order valence-corrected chi connectivity index (χ0v) is 15.5. The molecule has 0 bridgehead atoms. The summed E-state index contributed by atoms with van der Waals surface area (Å²) in [7, 11) is 0. The van der Waals surface area contributed by atoms with Gasteiger partial charge < -0.3 is 14.7 Å². The van der Waals surface area contributed by atoms with Gasteiger partial charge in [-0.05, 0) is 29.3 Å². The van der Waals surface area contributed by atoms with Gasteiger partial charge >= 0.3 is 0 Å². The Bertz CT molecular complexity index is 1150. The number of hydrogen-bond acceptors (Lipinski definition) is 4. The number of carbonyl (C=O) groups is 1. The second kappa shape index (κ2) is 8.02. The molecule has 4 aromatic rings.